The fourth-order valence-corrected chi connectivity index (χ4v) is 14.2. The minimum atomic E-state index is -0.330. The number of hydrogen-bond acceptors (Lipinski definition) is 6. The molecular formula is C43H72N4O4. The van der Waals surface area contributed by atoms with Crippen molar-refractivity contribution < 1.29 is 19.1 Å². The van der Waals surface area contributed by atoms with Gasteiger partial charge in [-0.25, -0.2) is 0 Å². The van der Waals surface area contributed by atoms with Gasteiger partial charge in [0.25, 0.3) is 0 Å². The van der Waals surface area contributed by atoms with Gasteiger partial charge in [0.1, 0.15) is 6.42 Å². The zero-order chi connectivity index (χ0) is 35.7. The summed E-state index contributed by atoms with van der Waals surface area (Å²) in [7, 11) is 0. The van der Waals surface area contributed by atoms with Crippen LogP contribution in [-0.4, -0.2) is 103 Å². The molecule has 1 N–H and O–H groups in total. The van der Waals surface area contributed by atoms with Crippen molar-refractivity contribution >= 4 is 11.8 Å². The predicted octanol–water partition coefficient (Wildman–Crippen LogP) is 6.57. The van der Waals surface area contributed by atoms with E-state index in [0.717, 1.165) is 102 Å². The van der Waals surface area contributed by atoms with Gasteiger partial charge in [-0.05, 0) is 123 Å². The lowest BCUT2D eigenvalue weighted by Crippen LogP contribution is -2.56. The molecule has 4 saturated carbocycles. The van der Waals surface area contributed by atoms with E-state index in [0.29, 0.717) is 46.6 Å². The second kappa shape index (κ2) is 14.1. The number of nitrogens with zero attached hydrogens (tertiary/aromatic N) is 3. The maximum atomic E-state index is 13.3. The van der Waals surface area contributed by atoms with Crippen LogP contribution in [0.2, 0.25) is 0 Å². The van der Waals surface area contributed by atoms with Gasteiger partial charge >= 0.3 is 0 Å². The highest BCUT2D eigenvalue weighted by Crippen LogP contribution is 2.71. The van der Waals surface area contributed by atoms with Crippen molar-refractivity contribution in [1.82, 2.24) is 20.0 Å². The molecule has 4 saturated heterocycles. The summed E-state index contributed by atoms with van der Waals surface area (Å²) in [6.45, 7) is 22.9. The van der Waals surface area contributed by atoms with Crippen molar-refractivity contribution in [3.63, 3.8) is 0 Å². The van der Waals surface area contributed by atoms with Gasteiger partial charge in [0.15, 0.2) is 5.79 Å². The van der Waals surface area contributed by atoms with E-state index in [1.807, 2.05) is 4.90 Å². The van der Waals surface area contributed by atoms with E-state index in [4.69, 9.17) is 9.47 Å². The Morgan fingerprint density at radius 1 is 0.824 bits per heavy atom. The van der Waals surface area contributed by atoms with E-state index in [9.17, 15) is 9.59 Å². The molecule has 0 aromatic heterocycles. The second-order valence-corrected chi connectivity index (χ2v) is 20.2. The summed E-state index contributed by atoms with van der Waals surface area (Å²) in [6.07, 6.45) is 14.6. The van der Waals surface area contributed by atoms with Crippen LogP contribution in [0.3, 0.4) is 0 Å². The maximum absolute atomic E-state index is 13.3. The van der Waals surface area contributed by atoms with E-state index >= 15 is 0 Å². The molecule has 0 aromatic rings. The van der Waals surface area contributed by atoms with E-state index < -0.39 is 0 Å². The van der Waals surface area contributed by atoms with E-state index in [2.05, 4.69) is 56.7 Å². The van der Waals surface area contributed by atoms with Crippen LogP contribution in [-0.2, 0) is 19.1 Å². The molecule has 8 nitrogen and oxygen atoms in total. The zero-order valence-corrected chi connectivity index (χ0v) is 33.2. The van der Waals surface area contributed by atoms with Crippen molar-refractivity contribution in [2.24, 2.45) is 58.2 Å². The lowest BCUT2D eigenvalue weighted by molar-refractivity contribution is -0.273. The summed E-state index contributed by atoms with van der Waals surface area (Å²) in [5.74, 6) is 5.12. The number of rotatable bonds is 6. The van der Waals surface area contributed by atoms with E-state index in [-0.39, 0.29) is 30.1 Å². The molecule has 288 valence electrons. The molecule has 12 atom stereocenters. The second-order valence-electron chi connectivity index (χ2n) is 20.2. The van der Waals surface area contributed by atoms with Crippen LogP contribution < -0.4 is 5.32 Å². The van der Waals surface area contributed by atoms with Crippen molar-refractivity contribution in [1.29, 1.82) is 0 Å². The van der Waals surface area contributed by atoms with Crippen molar-refractivity contribution in [2.75, 3.05) is 52.4 Å². The number of amides is 2. The lowest BCUT2D eigenvalue weighted by atomic mass is 9.44. The number of piperidine rings is 1. The number of carbonyl (C=O) groups excluding carboxylic acids is 2. The van der Waals surface area contributed by atoms with Crippen LogP contribution in [0, 0.1) is 58.2 Å². The summed E-state index contributed by atoms with van der Waals surface area (Å²) in [6, 6.07) is 0.787. The normalized spacial score (nSPS) is 46.4. The molecule has 51 heavy (non-hydrogen) atoms. The molecule has 4 aliphatic carbocycles. The highest BCUT2D eigenvalue weighted by molar-refractivity contribution is 5.97. The van der Waals surface area contributed by atoms with Crippen LogP contribution in [0.1, 0.15) is 125 Å². The molecule has 1 unspecified atom stereocenters. The van der Waals surface area contributed by atoms with Gasteiger partial charge in [-0.1, -0.05) is 41.5 Å². The molecule has 8 fully saturated rings. The Bertz CT molecular complexity index is 1270. The SMILES string of the molecule is CC(C)CN1CCN(C2CCN(C(=O)CC(=O)N[C@@H]3CC[C@]4(C)C5CC[C@]6(C)[C@@H]7[C@H](C[C@H]6[C@@H]5CC[C@@H]4C3)O[C@]3(CC[C@@H](C)CO3)[C@H]7C)CC2)CC1. The Balaban J connectivity index is 0.804. The van der Waals surface area contributed by atoms with Gasteiger partial charge < -0.3 is 24.6 Å². The molecule has 4 heterocycles. The molecule has 2 amide bonds. The summed E-state index contributed by atoms with van der Waals surface area (Å²) >= 11 is 0. The predicted molar refractivity (Wildman–Crippen MR) is 201 cm³/mol. The topological polar surface area (TPSA) is 74.4 Å². The van der Waals surface area contributed by atoms with Gasteiger partial charge in [-0.2, -0.15) is 0 Å². The third kappa shape index (κ3) is 6.64. The van der Waals surface area contributed by atoms with Crippen molar-refractivity contribution in [3.05, 3.63) is 0 Å². The molecule has 8 aliphatic rings. The quantitative estimate of drug-likeness (QED) is 0.315. The molecule has 8 heteroatoms. The fraction of sp³-hybridized carbons (Fsp3) is 0.953. The Morgan fingerprint density at radius 3 is 2.27 bits per heavy atom. The third-order valence-electron chi connectivity index (χ3n) is 17.0. The number of piperazine rings is 1. The van der Waals surface area contributed by atoms with Crippen LogP contribution in [0.4, 0.5) is 0 Å². The molecule has 4 aliphatic heterocycles. The summed E-state index contributed by atoms with van der Waals surface area (Å²) in [5.41, 5.74) is 0.723. The minimum Gasteiger partial charge on any atom is -0.353 e. The van der Waals surface area contributed by atoms with Crippen LogP contribution in [0.15, 0.2) is 0 Å². The van der Waals surface area contributed by atoms with Crippen molar-refractivity contribution in [3.8, 4) is 0 Å². The molecule has 0 aromatic carbocycles. The number of ether oxygens (including phenoxy) is 2. The summed E-state index contributed by atoms with van der Waals surface area (Å²) in [5, 5.41) is 3.37. The standard InChI is InChI=1S/C43H72N4O4/c1-28(2)26-45-19-21-46(22-20-45)33-12-17-47(18-13-33)39(49)25-38(48)44-32-10-14-41(5)31(23-32)7-8-34-35(41)11-15-42(6)36(34)24-37-40(42)30(4)43(51-37)16-9-29(3)27-50-43/h28-37,40H,7-27H2,1-6H3,(H,44,48)/t29-,30+,31-,32-,34-,35?,36+,37+,40+,41+,42+,43-/m1/s1. The average molecular weight is 709 g/mol. The molecule has 0 radical (unpaired) electrons. The summed E-state index contributed by atoms with van der Waals surface area (Å²) < 4.78 is 13.6. The number of likely N-dealkylation sites (tertiary alicyclic amines) is 1. The van der Waals surface area contributed by atoms with Crippen LogP contribution in [0.5, 0.6) is 0 Å². The average Bonchev–Trinajstić information content (AvgIpc) is 3.55. The van der Waals surface area contributed by atoms with Gasteiger partial charge in [0, 0.05) is 70.2 Å². The minimum absolute atomic E-state index is 0.0100. The molecule has 1 spiro atoms. The first-order chi connectivity index (χ1) is 24.4. The van der Waals surface area contributed by atoms with E-state index in [1.54, 1.807) is 0 Å². The highest BCUT2D eigenvalue weighted by Gasteiger charge is 2.69. The van der Waals surface area contributed by atoms with Gasteiger partial charge in [-0.15, -0.1) is 0 Å². The van der Waals surface area contributed by atoms with E-state index in [1.165, 1.54) is 51.5 Å². The lowest BCUT2D eigenvalue weighted by Gasteiger charge is -2.61. The summed E-state index contributed by atoms with van der Waals surface area (Å²) in [4.78, 5) is 33.7. The van der Waals surface area contributed by atoms with Crippen molar-refractivity contribution in [2.45, 2.75) is 149 Å². The number of fused-ring (bicyclic) bond motifs is 7. The Kier molecular flexibility index (Phi) is 10.2. The number of hydrogen-bond donors (Lipinski definition) is 1. The van der Waals surface area contributed by atoms with Gasteiger partial charge in [0.2, 0.25) is 11.8 Å². The smallest absolute Gasteiger partial charge is 0.232 e. The molecule has 8 rings (SSSR count). The van der Waals surface area contributed by atoms with Crippen LogP contribution >= 0.6 is 0 Å². The van der Waals surface area contributed by atoms with Crippen LogP contribution in [0.25, 0.3) is 0 Å². The Morgan fingerprint density at radius 2 is 1.57 bits per heavy atom. The monoisotopic (exact) mass is 709 g/mol. The zero-order valence-electron chi connectivity index (χ0n) is 33.2. The fourth-order valence-electron chi connectivity index (χ4n) is 14.2. The van der Waals surface area contributed by atoms with Gasteiger partial charge in [0.05, 0.1) is 12.7 Å². The third-order valence-corrected chi connectivity index (χ3v) is 17.0. The Hall–Kier alpha value is -1.22. The first-order valence-corrected chi connectivity index (χ1v) is 21.7. The van der Waals surface area contributed by atoms with Gasteiger partial charge in [-0.3, -0.25) is 14.5 Å². The first-order valence-electron chi connectivity index (χ1n) is 21.7. The maximum Gasteiger partial charge on any atom is 0.232 e. The largest absolute Gasteiger partial charge is 0.353 e. The molecule has 0 bridgehead atoms. The molecular weight excluding hydrogens is 636 g/mol. The Labute approximate surface area is 309 Å². The highest BCUT2D eigenvalue weighted by atomic mass is 16.7. The number of nitrogens with one attached hydrogen (secondary N) is 1. The first kappa shape index (κ1) is 36.7. The number of carbonyl (C=O) groups is 2.